The average molecular weight is 275 g/mol. The van der Waals surface area contributed by atoms with Gasteiger partial charge in [0.1, 0.15) is 0 Å². The number of hydrogen-bond donors (Lipinski definition) is 1. The quantitative estimate of drug-likeness (QED) is 0.871. The van der Waals surface area contributed by atoms with Gasteiger partial charge < -0.3 is 5.32 Å². The van der Waals surface area contributed by atoms with E-state index in [-0.39, 0.29) is 18.2 Å². The highest BCUT2D eigenvalue weighted by Gasteiger charge is 2.09. The molecule has 2 rings (SSSR count). The monoisotopic (exact) mass is 274 g/mol. The van der Waals surface area contributed by atoms with Crippen LogP contribution >= 0.6 is 11.6 Å². The topological polar surface area (TPSA) is 59.1 Å². The summed E-state index contributed by atoms with van der Waals surface area (Å²) in [6.45, 7) is -0.0680. The third kappa shape index (κ3) is 3.63. The number of hydrogen-bond acceptors (Lipinski definition) is 3. The van der Waals surface area contributed by atoms with Crippen LogP contribution in [0.3, 0.4) is 0 Å². The zero-order valence-electron chi connectivity index (χ0n) is 9.97. The standard InChI is InChI=1S/C14H11ClN2O2/c15-12-3-1-2-11(8-12)13(18)9-17-14(19)10-4-6-16-7-5-10/h1-8H,9H2,(H,17,19). The van der Waals surface area contributed by atoms with Gasteiger partial charge in [-0.15, -0.1) is 0 Å². The molecule has 0 unspecified atom stereocenters. The molecule has 96 valence electrons. The highest BCUT2D eigenvalue weighted by molar-refractivity contribution is 6.31. The highest BCUT2D eigenvalue weighted by atomic mass is 35.5. The Bertz CT molecular complexity index is 599. The molecule has 0 bridgehead atoms. The van der Waals surface area contributed by atoms with Crippen LogP contribution in [0.15, 0.2) is 48.8 Å². The van der Waals surface area contributed by atoms with Crippen molar-refractivity contribution in [2.24, 2.45) is 0 Å². The molecule has 0 aliphatic heterocycles. The molecule has 0 fully saturated rings. The second kappa shape index (κ2) is 6.11. The van der Waals surface area contributed by atoms with Gasteiger partial charge in [-0.3, -0.25) is 14.6 Å². The molecular weight excluding hydrogens is 264 g/mol. The summed E-state index contributed by atoms with van der Waals surface area (Å²) in [5, 5.41) is 3.05. The lowest BCUT2D eigenvalue weighted by atomic mass is 10.1. The third-order valence-corrected chi connectivity index (χ3v) is 2.73. The number of halogens is 1. The fourth-order valence-electron chi connectivity index (χ4n) is 1.53. The van der Waals surface area contributed by atoms with Crippen LogP contribution in [-0.2, 0) is 0 Å². The van der Waals surface area contributed by atoms with Gasteiger partial charge in [-0.05, 0) is 24.3 Å². The first-order valence-corrected chi connectivity index (χ1v) is 6.01. The van der Waals surface area contributed by atoms with Gasteiger partial charge in [-0.25, -0.2) is 0 Å². The van der Waals surface area contributed by atoms with Crippen LogP contribution in [0.4, 0.5) is 0 Å². The molecule has 19 heavy (non-hydrogen) atoms. The Balaban J connectivity index is 1.96. The van der Waals surface area contributed by atoms with E-state index in [1.54, 1.807) is 36.4 Å². The van der Waals surface area contributed by atoms with Crippen LogP contribution in [-0.4, -0.2) is 23.2 Å². The summed E-state index contributed by atoms with van der Waals surface area (Å²) in [4.78, 5) is 27.4. The molecule has 0 spiro atoms. The number of aromatic nitrogens is 1. The van der Waals surface area contributed by atoms with E-state index in [0.29, 0.717) is 16.1 Å². The largest absolute Gasteiger partial charge is 0.345 e. The Labute approximate surface area is 115 Å². The van der Waals surface area contributed by atoms with Gasteiger partial charge in [0.05, 0.1) is 6.54 Å². The van der Waals surface area contributed by atoms with Gasteiger partial charge in [0.2, 0.25) is 0 Å². The molecule has 2 aromatic rings. The maximum absolute atomic E-state index is 11.8. The van der Waals surface area contributed by atoms with Crippen LogP contribution in [0.1, 0.15) is 20.7 Å². The Hall–Kier alpha value is -2.20. The van der Waals surface area contributed by atoms with Gasteiger partial charge >= 0.3 is 0 Å². The SMILES string of the molecule is O=C(CNC(=O)c1ccncc1)c1cccc(Cl)c1. The molecule has 0 radical (unpaired) electrons. The minimum Gasteiger partial charge on any atom is -0.345 e. The fourth-order valence-corrected chi connectivity index (χ4v) is 1.72. The first-order chi connectivity index (χ1) is 9.16. The number of pyridine rings is 1. The van der Waals surface area contributed by atoms with Gasteiger partial charge in [0, 0.05) is 28.5 Å². The summed E-state index contributed by atoms with van der Waals surface area (Å²) in [5.74, 6) is -0.498. The molecule has 1 aromatic heterocycles. The molecule has 1 amide bonds. The number of carbonyl (C=O) groups excluding carboxylic acids is 2. The maximum Gasteiger partial charge on any atom is 0.251 e. The molecule has 1 N–H and O–H groups in total. The van der Waals surface area contributed by atoms with Gasteiger partial charge in [-0.1, -0.05) is 23.7 Å². The van der Waals surface area contributed by atoms with Crippen LogP contribution in [0.2, 0.25) is 5.02 Å². The molecule has 5 heteroatoms. The number of ketones is 1. The average Bonchev–Trinajstić information content (AvgIpc) is 2.45. The Kier molecular flexibility index (Phi) is 4.26. The van der Waals surface area contributed by atoms with Crippen LogP contribution in [0, 0.1) is 0 Å². The minimum atomic E-state index is -0.308. The number of rotatable bonds is 4. The first-order valence-electron chi connectivity index (χ1n) is 5.64. The van der Waals surface area contributed by atoms with Crippen molar-refractivity contribution < 1.29 is 9.59 Å². The predicted molar refractivity (Wildman–Crippen MR) is 72.4 cm³/mol. The zero-order valence-corrected chi connectivity index (χ0v) is 10.7. The van der Waals surface area contributed by atoms with Crippen molar-refractivity contribution in [3.63, 3.8) is 0 Å². The van der Waals surface area contributed by atoms with E-state index in [1.807, 2.05) is 0 Å². The molecule has 0 atom stereocenters. The van der Waals surface area contributed by atoms with E-state index < -0.39 is 0 Å². The zero-order chi connectivity index (χ0) is 13.7. The van der Waals surface area contributed by atoms with Crippen LogP contribution < -0.4 is 5.32 Å². The molecule has 0 saturated carbocycles. The summed E-state index contributed by atoms with van der Waals surface area (Å²) in [6.07, 6.45) is 3.04. The fraction of sp³-hybridized carbons (Fsp3) is 0.0714. The third-order valence-electron chi connectivity index (χ3n) is 2.50. The molecular formula is C14H11ClN2O2. The number of amides is 1. The van der Waals surface area contributed by atoms with Gasteiger partial charge in [0.25, 0.3) is 5.91 Å². The van der Waals surface area contributed by atoms with E-state index in [9.17, 15) is 9.59 Å². The van der Waals surface area contributed by atoms with Crippen molar-refractivity contribution in [3.05, 3.63) is 64.9 Å². The Morgan fingerprint density at radius 1 is 1.11 bits per heavy atom. The molecule has 4 nitrogen and oxygen atoms in total. The number of carbonyl (C=O) groups is 2. The van der Waals surface area contributed by atoms with E-state index in [1.165, 1.54) is 12.4 Å². The maximum atomic E-state index is 11.8. The van der Waals surface area contributed by atoms with Crippen molar-refractivity contribution in [1.82, 2.24) is 10.3 Å². The second-order valence-electron chi connectivity index (χ2n) is 3.85. The Morgan fingerprint density at radius 2 is 1.84 bits per heavy atom. The lowest BCUT2D eigenvalue weighted by Gasteiger charge is -2.04. The summed E-state index contributed by atoms with van der Waals surface area (Å²) in [7, 11) is 0. The first kappa shape index (κ1) is 13.2. The van der Waals surface area contributed by atoms with E-state index in [0.717, 1.165) is 0 Å². The molecule has 0 aliphatic rings. The van der Waals surface area contributed by atoms with E-state index >= 15 is 0 Å². The normalized spacial score (nSPS) is 9.95. The van der Waals surface area contributed by atoms with E-state index in [4.69, 9.17) is 11.6 Å². The molecule has 1 heterocycles. The van der Waals surface area contributed by atoms with Gasteiger partial charge in [-0.2, -0.15) is 0 Å². The van der Waals surface area contributed by atoms with E-state index in [2.05, 4.69) is 10.3 Å². The number of nitrogens with one attached hydrogen (secondary N) is 1. The van der Waals surface area contributed by atoms with Crippen molar-refractivity contribution in [3.8, 4) is 0 Å². The summed E-state index contributed by atoms with van der Waals surface area (Å²) in [6, 6.07) is 9.78. The summed E-state index contributed by atoms with van der Waals surface area (Å²) >= 11 is 5.80. The summed E-state index contributed by atoms with van der Waals surface area (Å²) < 4.78 is 0. The predicted octanol–water partition coefficient (Wildman–Crippen LogP) is 2.35. The van der Waals surface area contributed by atoms with Crippen molar-refractivity contribution >= 4 is 23.3 Å². The number of nitrogens with zero attached hydrogens (tertiary/aromatic N) is 1. The highest BCUT2D eigenvalue weighted by Crippen LogP contribution is 2.10. The van der Waals surface area contributed by atoms with Crippen molar-refractivity contribution in [2.75, 3.05) is 6.54 Å². The number of benzene rings is 1. The Morgan fingerprint density at radius 3 is 2.53 bits per heavy atom. The molecule has 1 aromatic carbocycles. The minimum absolute atomic E-state index is 0.0680. The molecule has 0 saturated heterocycles. The van der Waals surface area contributed by atoms with Crippen LogP contribution in [0.5, 0.6) is 0 Å². The van der Waals surface area contributed by atoms with Crippen molar-refractivity contribution in [2.45, 2.75) is 0 Å². The van der Waals surface area contributed by atoms with Crippen LogP contribution in [0.25, 0.3) is 0 Å². The van der Waals surface area contributed by atoms with Gasteiger partial charge in [0.15, 0.2) is 5.78 Å². The number of Topliss-reactive ketones (excluding diaryl/α,β-unsaturated/α-hetero) is 1. The second-order valence-corrected chi connectivity index (χ2v) is 4.29. The lowest BCUT2D eigenvalue weighted by Crippen LogP contribution is -2.29. The lowest BCUT2D eigenvalue weighted by molar-refractivity contribution is 0.0904. The molecule has 0 aliphatic carbocycles. The summed E-state index contributed by atoms with van der Waals surface area (Å²) in [5.41, 5.74) is 0.941. The van der Waals surface area contributed by atoms with Crippen molar-refractivity contribution in [1.29, 1.82) is 0 Å². The smallest absolute Gasteiger partial charge is 0.251 e.